The zero-order valence-corrected chi connectivity index (χ0v) is 9.47. The topological polar surface area (TPSA) is 46.1 Å². The highest BCUT2D eigenvalue weighted by Gasteiger charge is 2.20. The molecule has 0 aromatic carbocycles. The summed E-state index contributed by atoms with van der Waals surface area (Å²) in [5, 5.41) is 0. The second-order valence-corrected chi connectivity index (χ2v) is 3.54. The Morgan fingerprint density at radius 3 is 2.72 bits per heavy atom. The van der Waals surface area contributed by atoms with Gasteiger partial charge in [0, 0.05) is 19.4 Å². The lowest BCUT2D eigenvalue weighted by Crippen LogP contribution is -2.27. The first-order valence-corrected chi connectivity index (χ1v) is 5.09. The first-order chi connectivity index (χ1) is 8.61. The molecule has 0 saturated carbocycles. The normalized spacial score (nSPS) is 10.2. The number of hydrogen-bond donors (Lipinski definition) is 0. The monoisotopic (exact) mass is 249 g/mol. The highest BCUT2D eigenvalue weighted by molar-refractivity contribution is 6.05. The van der Waals surface area contributed by atoms with E-state index in [2.05, 4.69) is 9.97 Å². The van der Waals surface area contributed by atoms with Gasteiger partial charge in [0.15, 0.2) is 5.82 Å². The van der Waals surface area contributed by atoms with Crippen LogP contribution in [0.25, 0.3) is 0 Å². The Morgan fingerprint density at radius 2 is 2.06 bits per heavy atom. The van der Waals surface area contributed by atoms with E-state index in [4.69, 9.17) is 0 Å². The number of amides is 1. The summed E-state index contributed by atoms with van der Waals surface area (Å²) >= 11 is 0. The summed E-state index contributed by atoms with van der Waals surface area (Å²) < 4.78 is 26.4. The van der Waals surface area contributed by atoms with Crippen molar-refractivity contribution >= 4 is 11.6 Å². The molecule has 1 amide bonds. The van der Waals surface area contributed by atoms with Crippen molar-refractivity contribution in [3.8, 4) is 0 Å². The number of nitrogens with zero attached hydrogens (tertiary/aromatic N) is 3. The van der Waals surface area contributed by atoms with E-state index in [9.17, 15) is 13.6 Å². The first kappa shape index (κ1) is 12.1. The second kappa shape index (κ2) is 4.87. The summed E-state index contributed by atoms with van der Waals surface area (Å²) in [6.07, 6.45) is 4.05. The molecule has 4 nitrogen and oxygen atoms in total. The molecule has 0 saturated heterocycles. The quantitative estimate of drug-likeness (QED) is 0.765. The molecular formula is C12H9F2N3O. The molecule has 0 N–H and O–H groups in total. The maximum atomic E-state index is 13.4. The zero-order chi connectivity index (χ0) is 13.1. The SMILES string of the molecule is CN(C(=O)c1ccnc(F)c1F)c1cccnc1. The molecule has 0 spiro atoms. The summed E-state index contributed by atoms with van der Waals surface area (Å²) in [7, 11) is 1.46. The van der Waals surface area contributed by atoms with Gasteiger partial charge < -0.3 is 4.90 Å². The fraction of sp³-hybridized carbons (Fsp3) is 0.0833. The fourth-order valence-corrected chi connectivity index (χ4v) is 1.43. The van der Waals surface area contributed by atoms with Crippen LogP contribution in [0, 0.1) is 11.8 Å². The molecule has 0 aliphatic rings. The number of anilines is 1. The largest absolute Gasteiger partial charge is 0.310 e. The van der Waals surface area contributed by atoms with E-state index in [0.29, 0.717) is 5.69 Å². The summed E-state index contributed by atoms with van der Waals surface area (Å²) in [4.78, 5) is 20.1. The molecule has 18 heavy (non-hydrogen) atoms. The summed E-state index contributed by atoms with van der Waals surface area (Å²) in [5.41, 5.74) is 0.118. The van der Waals surface area contributed by atoms with Crippen molar-refractivity contribution in [2.45, 2.75) is 0 Å². The Kier molecular flexibility index (Phi) is 3.27. The number of hydrogen-bond acceptors (Lipinski definition) is 3. The molecule has 92 valence electrons. The van der Waals surface area contributed by atoms with Crippen molar-refractivity contribution in [2.24, 2.45) is 0 Å². The van der Waals surface area contributed by atoms with E-state index in [1.165, 1.54) is 18.1 Å². The van der Waals surface area contributed by atoms with E-state index < -0.39 is 17.7 Å². The Balaban J connectivity index is 2.35. The predicted molar refractivity (Wildman–Crippen MR) is 61.1 cm³/mol. The van der Waals surface area contributed by atoms with Crippen molar-refractivity contribution in [3.63, 3.8) is 0 Å². The molecule has 0 atom stereocenters. The molecule has 6 heteroatoms. The number of pyridine rings is 2. The number of aromatic nitrogens is 2. The highest BCUT2D eigenvalue weighted by atomic mass is 19.2. The van der Waals surface area contributed by atoms with E-state index in [1.54, 1.807) is 18.3 Å². The van der Waals surface area contributed by atoms with Gasteiger partial charge in [-0.2, -0.15) is 4.39 Å². The van der Waals surface area contributed by atoms with Crippen LogP contribution in [0.15, 0.2) is 36.8 Å². The van der Waals surface area contributed by atoms with Gasteiger partial charge in [0.25, 0.3) is 5.91 Å². The van der Waals surface area contributed by atoms with Crippen LogP contribution in [0.5, 0.6) is 0 Å². The minimum Gasteiger partial charge on any atom is -0.310 e. The Bertz CT molecular complexity index is 575. The van der Waals surface area contributed by atoms with Gasteiger partial charge in [-0.25, -0.2) is 9.37 Å². The predicted octanol–water partition coefficient (Wildman–Crippen LogP) is 2.03. The molecule has 2 aromatic heterocycles. The number of carbonyl (C=O) groups excluding carboxylic acids is 1. The molecule has 2 heterocycles. The lowest BCUT2D eigenvalue weighted by atomic mass is 10.2. The minimum absolute atomic E-state index is 0.367. The molecule has 0 radical (unpaired) electrons. The molecule has 0 aliphatic carbocycles. The van der Waals surface area contributed by atoms with Crippen molar-refractivity contribution in [3.05, 3.63) is 54.1 Å². The smallest absolute Gasteiger partial charge is 0.261 e. The molecule has 2 aromatic rings. The van der Waals surface area contributed by atoms with Gasteiger partial charge in [-0.1, -0.05) is 0 Å². The van der Waals surface area contributed by atoms with Crippen LogP contribution >= 0.6 is 0 Å². The van der Waals surface area contributed by atoms with E-state index in [-0.39, 0.29) is 5.56 Å². The molecule has 0 fully saturated rings. The molecule has 0 unspecified atom stereocenters. The van der Waals surface area contributed by atoms with Crippen LogP contribution < -0.4 is 4.90 Å². The number of rotatable bonds is 2. The number of halogens is 2. The van der Waals surface area contributed by atoms with Crippen molar-refractivity contribution in [1.82, 2.24) is 9.97 Å². The van der Waals surface area contributed by atoms with E-state index >= 15 is 0 Å². The van der Waals surface area contributed by atoms with Gasteiger partial charge in [-0.05, 0) is 18.2 Å². The van der Waals surface area contributed by atoms with Crippen LogP contribution in [0.1, 0.15) is 10.4 Å². The van der Waals surface area contributed by atoms with Gasteiger partial charge in [0.05, 0.1) is 17.4 Å². The molecular weight excluding hydrogens is 240 g/mol. The Hall–Kier alpha value is -2.37. The van der Waals surface area contributed by atoms with Crippen molar-refractivity contribution in [2.75, 3.05) is 11.9 Å². The van der Waals surface area contributed by atoms with Crippen LogP contribution in [0.3, 0.4) is 0 Å². The fourth-order valence-electron chi connectivity index (χ4n) is 1.43. The zero-order valence-electron chi connectivity index (χ0n) is 9.47. The summed E-state index contributed by atoms with van der Waals surface area (Å²) in [6.45, 7) is 0. The van der Waals surface area contributed by atoms with E-state index in [1.807, 2.05) is 0 Å². The third kappa shape index (κ3) is 2.17. The third-order valence-electron chi connectivity index (χ3n) is 2.41. The Morgan fingerprint density at radius 1 is 1.28 bits per heavy atom. The average Bonchev–Trinajstić information content (AvgIpc) is 2.41. The Labute approximate surface area is 102 Å². The van der Waals surface area contributed by atoms with Gasteiger partial charge >= 0.3 is 0 Å². The second-order valence-electron chi connectivity index (χ2n) is 3.54. The van der Waals surface area contributed by atoms with Gasteiger partial charge in [0.1, 0.15) is 0 Å². The van der Waals surface area contributed by atoms with Gasteiger partial charge in [-0.15, -0.1) is 0 Å². The van der Waals surface area contributed by atoms with Crippen LogP contribution in [0.4, 0.5) is 14.5 Å². The lowest BCUT2D eigenvalue weighted by Gasteiger charge is -2.16. The minimum atomic E-state index is -1.29. The third-order valence-corrected chi connectivity index (χ3v) is 2.41. The summed E-state index contributed by atoms with van der Waals surface area (Å²) in [6, 6.07) is 4.41. The molecule has 0 bridgehead atoms. The van der Waals surface area contributed by atoms with Crippen LogP contribution in [-0.2, 0) is 0 Å². The van der Waals surface area contributed by atoms with Crippen molar-refractivity contribution < 1.29 is 13.6 Å². The van der Waals surface area contributed by atoms with Crippen LogP contribution in [-0.4, -0.2) is 22.9 Å². The first-order valence-electron chi connectivity index (χ1n) is 5.09. The number of carbonyl (C=O) groups is 1. The van der Waals surface area contributed by atoms with Gasteiger partial charge in [0.2, 0.25) is 5.95 Å². The maximum absolute atomic E-state index is 13.4. The molecule has 0 aliphatic heterocycles. The lowest BCUT2D eigenvalue weighted by molar-refractivity contribution is 0.0987. The highest BCUT2D eigenvalue weighted by Crippen LogP contribution is 2.16. The van der Waals surface area contributed by atoms with Crippen LogP contribution in [0.2, 0.25) is 0 Å². The summed E-state index contributed by atoms with van der Waals surface area (Å²) in [5.74, 6) is -3.21. The standard InChI is InChI=1S/C12H9F2N3O/c1-17(8-3-2-5-15-7-8)12(18)9-4-6-16-11(14)10(9)13/h2-7H,1H3. The maximum Gasteiger partial charge on any atom is 0.261 e. The van der Waals surface area contributed by atoms with Crippen molar-refractivity contribution in [1.29, 1.82) is 0 Å². The van der Waals surface area contributed by atoms with Gasteiger partial charge in [-0.3, -0.25) is 9.78 Å². The average molecular weight is 249 g/mol. The molecule has 2 rings (SSSR count). The van der Waals surface area contributed by atoms with E-state index in [0.717, 1.165) is 12.3 Å².